The molecule has 0 aliphatic heterocycles. The minimum atomic E-state index is -0.321. The van der Waals surface area contributed by atoms with Gasteiger partial charge in [0.15, 0.2) is 11.6 Å². The predicted molar refractivity (Wildman–Crippen MR) is 113 cm³/mol. The normalized spacial score (nSPS) is 10.8. The monoisotopic (exact) mass is 429 g/mol. The van der Waals surface area contributed by atoms with E-state index in [-0.39, 0.29) is 12.5 Å². The largest absolute Gasteiger partial charge is 0.484 e. The summed E-state index contributed by atoms with van der Waals surface area (Å²) in [6, 6.07) is 18.8. The highest BCUT2D eigenvalue weighted by molar-refractivity contribution is 7.18. The Morgan fingerprint density at radius 3 is 2.64 bits per heavy atom. The van der Waals surface area contributed by atoms with Gasteiger partial charge in [-0.2, -0.15) is 0 Å². The minimum Gasteiger partial charge on any atom is -0.484 e. The number of halogens is 2. The number of hydrogen-bond acceptors (Lipinski definition) is 5. The average molecular weight is 430 g/mol. The van der Waals surface area contributed by atoms with Gasteiger partial charge in [-0.15, -0.1) is 10.2 Å². The number of anilines is 1. The molecule has 1 aromatic heterocycles. The van der Waals surface area contributed by atoms with Gasteiger partial charge in [-0.25, -0.2) is 0 Å². The predicted octanol–water partition coefficient (Wildman–Crippen LogP) is 5.68. The number of benzene rings is 3. The van der Waals surface area contributed by atoms with E-state index < -0.39 is 0 Å². The summed E-state index contributed by atoms with van der Waals surface area (Å²) in [6.45, 7) is -0.130. The summed E-state index contributed by atoms with van der Waals surface area (Å²) in [6.07, 6.45) is 0. The maximum atomic E-state index is 12.2. The highest BCUT2D eigenvalue weighted by atomic mass is 35.5. The maximum absolute atomic E-state index is 12.2. The summed E-state index contributed by atoms with van der Waals surface area (Å²) >= 11 is 13.3. The van der Waals surface area contributed by atoms with Crippen molar-refractivity contribution in [3.63, 3.8) is 0 Å². The zero-order chi connectivity index (χ0) is 19.5. The number of aromatic nitrogens is 2. The molecule has 4 aromatic rings. The highest BCUT2D eigenvalue weighted by Crippen LogP contribution is 2.33. The molecule has 8 heteroatoms. The van der Waals surface area contributed by atoms with E-state index >= 15 is 0 Å². The molecule has 0 radical (unpaired) electrons. The van der Waals surface area contributed by atoms with Gasteiger partial charge in [-0.3, -0.25) is 10.1 Å². The molecular formula is C20H13Cl2N3O2S. The Hall–Kier alpha value is -2.67. The molecule has 0 saturated carbocycles. The molecule has 0 bridgehead atoms. The Kier molecular flexibility index (Phi) is 5.43. The van der Waals surface area contributed by atoms with Gasteiger partial charge in [0.25, 0.3) is 5.91 Å². The lowest BCUT2D eigenvalue weighted by atomic mass is 10.1. The molecule has 5 nitrogen and oxygen atoms in total. The summed E-state index contributed by atoms with van der Waals surface area (Å²) < 4.78 is 5.58. The van der Waals surface area contributed by atoms with Crippen molar-refractivity contribution in [2.45, 2.75) is 0 Å². The fourth-order valence-electron chi connectivity index (χ4n) is 2.61. The fraction of sp³-hybridized carbons (Fsp3) is 0.0500. The Balaban J connectivity index is 1.39. The number of nitrogens with zero attached hydrogens (tertiary/aromatic N) is 2. The number of carbonyl (C=O) groups is 1. The van der Waals surface area contributed by atoms with Crippen LogP contribution in [0.2, 0.25) is 10.0 Å². The van der Waals surface area contributed by atoms with Crippen LogP contribution in [-0.4, -0.2) is 22.7 Å². The van der Waals surface area contributed by atoms with Crippen molar-refractivity contribution in [2.75, 3.05) is 11.9 Å². The third-order valence-electron chi connectivity index (χ3n) is 3.92. The second kappa shape index (κ2) is 8.14. The van der Waals surface area contributed by atoms with Gasteiger partial charge >= 0.3 is 0 Å². The first kappa shape index (κ1) is 18.7. The van der Waals surface area contributed by atoms with E-state index in [9.17, 15) is 4.79 Å². The van der Waals surface area contributed by atoms with Crippen LogP contribution in [0.4, 0.5) is 5.13 Å². The first-order valence-corrected chi connectivity index (χ1v) is 9.86. The van der Waals surface area contributed by atoms with E-state index in [0.717, 1.165) is 10.8 Å². The van der Waals surface area contributed by atoms with Crippen molar-refractivity contribution in [3.05, 3.63) is 70.7 Å². The third kappa shape index (κ3) is 4.25. The molecule has 0 aliphatic carbocycles. The number of carbonyl (C=O) groups excluding carboxylic acids is 1. The molecule has 3 aromatic carbocycles. The fourth-order valence-corrected chi connectivity index (χ4v) is 3.96. The van der Waals surface area contributed by atoms with Gasteiger partial charge in [0.1, 0.15) is 5.75 Å². The summed E-state index contributed by atoms with van der Waals surface area (Å²) in [5, 5.41) is 14.9. The van der Waals surface area contributed by atoms with E-state index in [1.807, 2.05) is 42.5 Å². The molecule has 0 saturated heterocycles. The maximum Gasteiger partial charge on any atom is 0.264 e. The van der Waals surface area contributed by atoms with Crippen molar-refractivity contribution in [1.29, 1.82) is 0 Å². The lowest BCUT2D eigenvalue weighted by Crippen LogP contribution is -2.20. The summed E-state index contributed by atoms with van der Waals surface area (Å²) in [5.41, 5.74) is 0.705. The molecule has 0 unspecified atom stereocenters. The number of fused-ring (bicyclic) bond motifs is 1. The van der Waals surface area contributed by atoms with Crippen molar-refractivity contribution in [2.24, 2.45) is 0 Å². The van der Waals surface area contributed by atoms with Gasteiger partial charge in [-0.1, -0.05) is 64.9 Å². The van der Waals surface area contributed by atoms with E-state index in [0.29, 0.717) is 31.5 Å². The van der Waals surface area contributed by atoms with E-state index in [1.165, 1.54) is 11.3 Å². The number of rotatable bonds is 5. The Labute approximate surface area is 174 Å². The van der Waals surface area contributed by atoms with Crippen LogP contribution >= 0.6 is 34.5 Å². The lowest BCUT2D eigenvalue weighted by molar-refractivity contribution is -0.118. The second-order valence-electron chi connectivity index (χ2n) is 5.88. The second-order valence-corrected chi connectivity index (χ2v) is 7.70. The Morgan fingerprint density at radius 2 is 1.82 bits per heavy atom. The Morgan fingerprint density at radius 1 is 1.00 bits per heavy atom. The topological polar surface area (TPSA) is 64.1 Å². The quantitative estimate of drug-likeness (QED) is 0.442. The van der Waals surface area contributed by atoms with Crippen LogP contribution < -0.4 is 10.1 Å². The van der Waals surface area contributed by atoms with Crippen LogP contribution in [0.5, 0.6) is 5.75 Å². The third-order valence-corrected chi connectivity index (χ3v) is 5.34. The van der Waals surface area contributed by atoms with E-state index in [1.54, 1.807) is 18.2 Å². The lowest BCUT2D eigenvalue weighted by Gasteiger charge is -2.06. The molecule has 0 fully saturated rings. The first-order valence-electron chi connectivity index (χ1n) is 8.29. The molecular weight excluding hydrogens is 417 g/mol. The molecule has 0 atom stereocenters. The zero-order valence-electron chi connectivity index (χ0n) is 14.4. The van der Waals surface area contributed by atoms with Crippen molar-refractivity contribution < 1.29 is 9.53 Å². The summed E-state index contributed by atoms with van der Waals surface area (Å²) in [5.74, 6) is 0.304. The van der Waals surface area contributed by atoms with Gasteiger partial charge in [0.2, 0.25) is 5.13 Å². The number of amides is 1. The van der Waals surface area contributed by atoms with Crippen LogP contribution in [-0.2, 0) is 4.79 Å². The molecule has 0 aliphatic rings. The minimum absolute atomic E-state index is 0.130. The van der Waals surface area contributed by atoms with Gasteiger partial charge in [-0.05, 0) is 41.1 Å². The van der Waals surface area contributed by atoms with Gasteiger partial charge < -0.3 is 4.74 Å². The molecule has 1 N–H and O–H groups in total. The molecule has 0 spiro atoms. The number of hydrogen-bond donors (Lipinski definition) is 1. The molecule has 28 heavy (non-hydrogen) atoms. The SMILES string of the molecule is O=C(COc1ccc2ccccc2c1)Nc1nnc(-c2ccc(Cl)cc2Cl)s1. The van der Waals surface area contributed by atoms with Crippen molar-refractivity contribution >= 4 is 56.3 Å². The summed E-state index contributed by atoms with van der Waals surface area (Å²) in [4.78, 5) is 12.2. The summed E-state index contributed by atoms with van der Waals surface area (Å²) in [7, 11) is 0. The van der Waals surface area contributed by atoms with Gasteiger partial charge in [0, 0.05) is 10.6 Å². The molecule has 140 valence electrons. The van der Waals surface area contributed by atoms with Crippen molar-refractivity contribution in [1.82, 2.24) is 10.2 Å². The van der Waals surface area contributed by atoms with Crippen LogP contribution in [0.15, 0.2) is 60.7 Å². The van der Waals surface area contributed by atoms with Crippen LogP contribution in [0.1, 0.15) is 0 Å². The number of ether oxygens (including phenoxy) is 1. The smallest absolute Gasteiger partial charge is 0.264 e. The van der Waals surface area contributed by atoms with E-state index in [2.05, 4.69) is 15.5 Å². The average Bonchev–Trinajstić information content (AvgIpc) is 3.14. The standard InChI is InChI=1S/C20H13Cl2N3O2S/c21-14-6-8-16(17(22)10-14)19-24-25-20(28-19)23-18(26)11-27-15-7-5-12-3-1-2-4-13(12)9-15/h1-10H,11H2,(H,23,25,26). The van der Waals surface area contributed by atoms with Gasteiger partial charge in [0.05, 0.1) is 5.02 Å². The molecule has 4 rings (SSSR count). The molecule has 1 amide bonds. The van der Waals surface area contributed by atoms with Crippen LogP contribution in [0.3, 0.4) is 0 Å². The zero-order valence-corrected chi connectivity index (χ0v) is 16.7. The van der Waals surface area contributed by atoms with Crippen LogP contribution in [0, 0.1) is 0 Å². The van der Waals surface area contributed by atoms with E-state index in [4.69, 9.17) is 27.9 Å². The Bertz CT molecular complexity index is 1160. The first-order chi connectivity index (χ1) is 13.6. The highest BCUT2D eigenvalue weighted by Gasteiger charge is 2.13. The van der Waals surface area contributed by atoms with Crippen molar-refractivity contribution in [3.8, 4) is 16.3 Å². The van der Waals surface area contributed by atoms with Crippen LogP contribution in [0.25, 0.3) is 21.3 Å². The number of nitrogens with one attached hydrogen (secondary N) is 1. The molecule has 1 heterocycles.